The van der Waals surface area contributed by atoms with Gasteiger partial charge in [-0.25, -0.2) is 17.9 Å². The van der Waals surface area contributed by atoms with Crippen molar-refractivity contribution in [2.75, 3.05) is 20.8 Å². The number of ether oxygens (including phenoxy) is 3. The molecular weight excluding hydrogens is 274 g/mol. The van der Waals surface area contributed by atoms with Gasteiger partial charge in [0.25, 0.3) is 10.0 Å². The van der Waals surface area contributed by atoms with Gasteiger partial charge in [0.05, 0.1) is 20.8 Å². The monoisotopic (exact) mass is 289 g/mol. The predicted octanol–water partition coefficient (Wildman–Crippen LogP) is 1.14. The molecular formula is C11H15NO6S. The lowest BCUT2D eigenvalue weighted by Gasteiger charge is -2.11. The van der Waals surface area contributed by atoms with Gasteiger partial charge in [-0.2, -0.15) is 0 Å². The topological polar surface area (TPSA) is 90.9 Å². The fourth-order valence-corrected chi connectivity index (χ4v) is 2.40. The van der Waals surface area contributed by atoms with Crippen LogP contribution >= 0.6 is 0 Å². The van der Waals surface area contributed by atoms with Crippen LogP contribution in [-0.2, 0) is 14.8 Å². The minimum atomic E-state index is -4.09. The van der Waals surface area contributed by atoms with Crippen molar-refractivity contribution in [1.29, 1.82) is 0 Å². The minimum absolute atomic E-state index is 0.0661. The van der Waals surface area contributed by atoms with Crippen LogP contribution in [-0.4, -0.2) is 35.3 Å². The number of nitrogens with one attached hydrogen (secondary N) is 1. The number of hydrogen-bond donors (Lipinski definition) is 1. The first kappa shape index (κ1) is 15.1. The van der Waals surface area contributed by atoms with Crippen LogP contribution < -0.4 is 14.2 Å². The standard InChI is InChI=1S/C11H15NO6S/c1-4-18-11(13)12-19(14,15)10-7-8(16-2)5-6-9(10)17-3/h5-7H,4H2,1-3H3,(H,12,13). The lowest BCUT2D eigenvalue weighted by molar-refractivity contribution is 0.158. The molecule has 0 radical (unpaired) electrons. The molecule has 106 valence electrons. The summed E-state index contributed by atoms with van der Waals surface area (Å²) in [5.41, 5.74) is 0. The molecule has 19 heavy (non-hydrogen) atoms. The number of hydrogen-bond acceptors (Lipinski definition) is 6. The third kappa shape index (κ3) is 3.75. The van der Waals surface area contributed by atoms with Gasteiger partial charge in [0.2, 0.25) is 0 Å². The Hall–Kier alpha value is -1.96. The van der Waals surface area contributed by atoms with Crippen molar-refractivity contribution in [3.63, 3.8) is 0 Å². The van der Waals surface area contributed by atoms with Gasteiger partial charge >= 0.3 is 6.09 Å². The Morgan fingerprint density at radius 3 is 2.47 bits per heavy atom. The van der Waals surface area contributed by atoms with E-state index in [1.54, 1.807) is 17.7 Å². The average Bonchev–Trinajstić information content (AvgIpc) is 2.37. The summed E-state index contributed by atoms with van der Waals surface area (Å²) in [5, 5.41) is 0. The number of carbonyl (C=O) groups is 1. The Balaban J connectivity index is 3.15. The molecule has 0 aromatic heterocycles. The molecule has 1 N–H and O–H groups in total. The van der Waals surface area contributed by atoms with Gasteiger partial charge in [0.15, 0.2) is 0 Å². The lowest BCUT2D eigenvalue weighted by Crippen LogP contribution is -2.31. The van der Waals surface area contributed by atoms with Gasteiger partial charge in [-0.1, -0.05) is 0 Å². The third-order valence-electron chi connectivity index (χ3n) is 2.15. The lowest BCUT2D eigenvalue weighted by atomic mass is 10.3. The van der Waals surface area contributed by atoms with E-state index in [2.05, 4.69) is 4.74 Å². The first-order valence-corrected chi connectivity index (χ1v) is 6.84. The molecule has 1 amide bonds. The van der Waals surface area contributed by atoms with Gasteiger partial charge in [-0.05, 0) is 19.1 Å². The van der Waals surface area contributed by atoms with Crippen molar-refractivity contribution < 1.29 is 27.4 Å². The number of benzene rings is 1. The van der Waals surface area contributed by atoms with E-state index in [1.165, 1.54) is 26.4 Å². The summed E-state index contributed by atoms with van der Waals surface area (Å²) in [6.45, 7) is 1.63. The molecule has 8 heteroatoms. The van der Waals surface area contributed by atoms with Crippen molar-refractivity contribution in [2.45, 2.75) is 11.8 Å². The Bertz CT molecular complexity index is 554. The van der Waals surface area contributed by atoms with Crippen LogP contribution in [0.25, 0.3) is 0 Å². The Morgan fingerprint density at radius 2 is 1.95 bits per heavy atom. The van der Waals surface area contributed by atoms with E-state index in [1.807, 2.05) is 0 Å². The molecule has 0 atom stereocenters. The van der Waals surface area contributed by atoms with E-state index in [0.29, 0.717) is 5.75 Å². The molecule has 0 saturated carbocycles. The summed E-state index contributed by atoms with van der Waals surface area (Å²) in [5.74, 6) is 0.419. The molecule has 7 nitrogen and oxygen atoms in total. The summed E-state index contributed by atoms with van der Waals surface area (Å²) in [6, 6.07) is 4.22. The minimum Gasteiger partial charge on any atom is -0.497 e. The van der Waals surface area contributed by atoms with Crippen molar-refractivity contribution in [1.82, 2.24) is 4.72 Å². The first-order valence-electron chi connectivity index (χ1n) is 5.36. The van der Waals surface area contributed by atoms with Crippen molar-refractivity contribution >= 4 is 16.1 Å². The van der Waals surface area contributed by atoms with E-state index in [9.17, 15) is 13.2 Å². The highest BCUT2D eigenvalue weighted by molar-refractivity contribution is 7.90. The van der Waals surface area contributed by atoms with Crippen LogP contribution in [0.2, 0.25) is 0 Å². The largest absolute Gasteiger partial charge is 0.497 e. The molecule has 0 saturated heterocycles. The molecule has 0 spiro atoms. The van der Waals surface area contributed by atoms with E-state index in [-0.39, 0.29) is 17.3 Å². The van der Waals surface area contributed by atoms with Crippen LogP contribution in [0.1, 0.15) is 6.92 Å². The molecule has 0 unspecified atom stereocenters. The van der Waals surface area contributed by atoms with Gasteiger partial charge in [-0.3, -0.25) is 0 Å². The number of carbonyl (C=O) groups excluding carboxylic acids is 1. The van der Waals surface area contributed by atoms with E-state index in [4.69, 9.17) is 9.47 Å². The highest BCUT2D eigenvalue weighted by atomic mass is 32.2. The second-order valence-corrected chi connectivity index (χ2v) is 4.99. The normalized spacial score (nSPS) is 10.7. The van der Waals surface area contributed by atoms with Crippen LogP contribution in [0.15, 0.2) is 23.1 Å². The van der Waals surface area contributed by atoms with Crippen molar-refractivity contribution in [3.05, 3.63) is 18.2 Å². The second kappa shape index (κ2) is 6.28. The Kier molecular flexibility index (Phi) is 4.99. The molecule has 1 aromatic carbocycles. The maximum absolute atomic E-state index is 12.0. The van der Waals surface area contributed by atoms with Gasteiger partial charge in [-0.15, -0.1) is 0 Å². The van der Waals surface area contributed by atoms with E-state index >= 15 is 0 Å². The van der Waals surface area contributed by atoms with Crippen LogP contribution in [0.3, 0.4) is 0 Å². The molecule has 1 aromatic rings. The second-order valence-electron chi connectivity index (χ2n) is 3.34. The summed E-state index contributed by atoms with van der Waals surface area (Å²) < 4.78 is 40.2. The molecule has 0 bridgehead atoms. The average molecular weight is 289 g/mol. The zero-order valence-electron chi connectivity index (χ0n) is 10.8. The van der Waals surface area contributed by atoms with Gasteiger partial charge < -0.3 is 14.2 Å². The maximum Gasteiger partial charge on any atom is 0.421 e. The van der Waals surface area contributed by atoms with Crippen molar-refractivity contribution in [3.8, 4) is 11.5 Å². The molecule has 0 aliphatic carbocycles. The third-order valence-corrected chi connectivity index (χ3v) is 3.49. The molecule has 0 aliphatic rings. The smallest absolute Gasteiger partial charge is 0.421 e. The predicted molar refractivity (Wildman–Crippen MR) is 66.9 cm³/mol. The molecule has 1 rings (SSSR count). The number of sulfonamides is 1. The first-order chi connectivity index (χ1) is 8.94. The fourth-order valence-electron chi connectivity index (χ4n) is 1.32. The van der Waals surface area contributed by atoms with Crippen LogP contribution in [0.5, 0.6) is 11.5 Å². The number of amides is 1. The SMILES string of the molecule is CCOC(=O)NS(=O)(=O)c1cc(OC)ccc1OC. The summed E-state index contributed by atoms with van der Waals surface area (Å²) in [7, 11) is -1.36. The molecule has 0 aliphatic heterocycles. The van der Waals surface area contributed by atoms with Gasteiger partial charge in [0, 0.05) is 6.07 Å². The summed E-state index contributed by atoms with van der Waals surface area (Å²) in [6.07, 6.45) is -1.05. The highest BCUT2D eigenvalue weighted by Gasteiger charge is 2.23. The number of rotatable bonds is 5. The number of methoxy groups -OCH3 is 2. The summed E-state index contributed by atoms with van der Waals surface area (Å²) >= 11 is 0. The maximum atomic E-state index is 12.0. The Morgan fingerprint density at radius 1 is 1.26 bits per heavy atom. The zero-order chi connectivity index (χ0) is 14.5. The zero-order valence-corrected chi connectivity index (χ0v) is 11.6. The van der Waals surface area contributed by atoms with Crippen LogP contribution in [0, 0.1) is 0 Å². The van der Waals surface area contributed by atoms with Crippen LogP contribution in [0.4, 0.5) is 4.79 Å². The quantitative estimate of drug-likeness (QED) is 0.874. The Labute approximate surface area is 111 Å². The molecule has 0 fully saturated rings. The van der Waals surface area contributed by atoms with Gasteiger partial charge in [0.1, 0.15) is 16.4 Å². The highest BCUT2D eigenvalue weighted by Crippen LogP contribution is 2.27. The van der Waals surface area contributed by atoms with E-state index in [0.717, 1.165) is 0 Å². The molecule has 0 heterocycles. The summed E-state index contributed by atoms with van der Waals surface area (Å²) in [4.78, 5) is 11.0. The fraction of sp³-hybridized carbons (Fsp3) is 0.364. The van der Waals surface area contributed by atoms with Crippen molar-refractivity contribution in [2.24, 2.45) is 0 Å². The van der Waals surface area contributed by atoms with E-state index < -0.39 is 16.1 Å².